The van der Waals surface area contributed by atoms with Crippen molar-refractivity contribution in [3.8, 4) is 0 Å². The molecule has 0 radical (unpaired) electrons. The molecule has 2 aromatic heterocycles. The SMILES string of the molecule is CC(Cc1ccncc1)NC1CCC(N(C)S(=O)(=O)c2ccc(Nc3nccc(Nc4ccc(F)cc4)n3)cc2)CC1.O=C(O)C(F)(F)F. The van der Waals surface area contributed by atoms with Crippen LogP contribution in [0.2, 0.25) is 0 Å². The average molecular weight is 704 g/mol. The van der Waals surface area contributed by atoms with E-state index >= 15 is 0 Å². The van der Waals surface area contributed by atoms with Crippen molar-refractivity contribution in [3.05, 3.63) is 96.7 Å². The third-order valence-corrected chi connectivity index (χ3v) is 9.75. The first-order valence-corrected chi connectivity index (χ1v) is 16.8. The fourth-order valence-electron chi connectivity index (χ4n) is 5.31. The van der Waals surface area contributed by atoms with Gasteiger partial charge in [0.2, 0.25) is 16.0 Å². The maximum Gasteiger partial charge on any atom is 0.490 e. The van der Waals surface area contributed by atoms with Gasteiger partial charge in [0, 0.05) is 55.1 Å². The number of carbonyl (C=O) groups is 1. The molecule has 49 heavy (non-hydrogen) atoms. The van der Waals surface area contributed by atoms with Crippen molar-refractivity contribution >= 4 is 39.1 Å². The number of halogens is 4. The van der Waals surface area contributed by atoms with Crippen molar-refractivity contribution in [1.82, 2.24) is 24.6 Å². The topological polar surface area (TPSA) is 149 Å². The first-order valence-electron chi connectivity index (χ1n) is 15.4. The van der Waals surface area contributed by atoms with E-state index < -0.39 is 22.2 Å². The van der Waals surface area contributed by atoms with Crippen LogP contribution in [0.15, 0.2) is 90.2 Å². The van der Waals surface area contributed by atoms with Gasteiger partial charge < -0.3 is 21.1 Å². The van der Waals surface area contributed by atoms with Crippen LogP contribution in [0.3, 0.4) is 0 Å². The normalized spacial score (nSPS) is 17.0. The predicted molar refractivity (Wildman–Crippen MR) is 177 cm³/mol. The van der Waals surface area contributed by atoms with Crippen LogP contribution in [-0.4, -0.2) is 70.1 Å². The van der Waals surface area contributed by atoms with Crippen LogP contribution in [0.5, 0.6) is 0 Å². The van der Waals surface area contributed by atoms with Gasteiger partial charge in [0.25, 0.3) is 0 Å². The Hall–Kier alpha value is -4.67. The van der Waals surface area contributed by atoms with Crippen molar-refractivity contribution in [3.63, 3.8) is 0 Å². The van der Waals surface area contributed by atoms with Crippen molar-refractivity contribution < 1.29 is 35.9 Å². The largest absolute Gasteiger partial charge is 0.490 e. The molecule has 1 aliphatic rings. The Kier molecular flexibility index (Phi) is 12.6. The molecule has 1 unspecified atom stereocenters. The Labute approximate surface area is 281 Å². The molecule has 2 heterocycles. The summed E-state index contributed by atoms with van der Waals surface area (Å²) < 4.78 is 73.3. The molecule has 0 bridgehead atoms. The molecule has 1 atom stereocenters. The molecule has 1 aliphatic carbocycles. The molecule has 11 nitrogen and oxygen atoms in total. The maximum atomic E-state index is 13.4. The summed E-state index contributed by atoms with van der Waals surface area (Å²) in [6, 6.07) is 19.0. The highest BCUT2D eigenvalue weighted by Crippen LogP contribution is 2.28. The second-order valence-electron chi connectivity index (χ2n) is 11.5. The number of nitrogens with zero attached hydrogens (tertiary/aromatic N) is 4. The Bertz CT molecular complexity index is 1760. The molecule has 5 rings (SSSR count). The molecule has 16 heteroatoms. The zero-order valence-corrected chi connectivity index (χ0v) is 27.5. The molecular weight excluding hydrogens is 666 g/mol. The van der Waals surface area contributed by atoms with Crippen LogP contribution in [-0.2, 0) is 21.2 Å². The predicted octanol–water partition coefficient (Wildman–Crippen LogP) is 6.28. The summed E-state index contributed by atoms with van der Waals surface area (Å²) in [5, 5.41) is 17.1. The number of pyridine rings is 1. The number of nitrogens with one attached hydrogen (secondary N) is 3. The van der Waals surface area contributed by atoms with Gasteiger partial charge in [0.15, 0.2) is 0 Å². The van der Waals surface area contributed by atoms with Gasteiger partial charge in [-0.2, -0.15) is 22.5 Å². The number of anilines is 4. The lowest BCUT2D eigenvalue weighted by molar-refractivity contribution is -0.192. The summed E-state index contributed by atoms with van der Waals surface area (Å²) in [6.45, 7) is 2.19. The molecule has 0 saturated heterocycles. The summed E-state index contributed by atoms with van der Waals surface area (Å²) in [7, 11) is -1.96. The van der Waals surface area contributed by atoms with Gasteiger partial charge >= 0.3 is 12.1 Å². The number of alkyl halides is 3. The van der Waals surface area contributed by atoms with Crippen LogP contribution >= 0.6 is 0 Å². The Morgan fingerprint density at radius 1 is 0.918 bits per heavy atom. The molecular formula is C33H37F4N7O4S. The van der Waals surface area contributed by atoms with Crippen LogP contribution in [0, 0.1) is 5.82 Å². The molecule has 1 fully saturated rings. The van der Waals surface area contributed by atoms with Crippen molar-refractivity contribution in [2.75, 3.05) is 17.7 Å². The van der Waals surface area contributed by atoms with Crippen LogP contribution < -0.4 is 16.0 Å². The van der Waals surface area contributed by atoms with Crippen molar-refractivity contribution in [2.24, 2.45) is 0 Å². The van der Waals surface area contributed by atoms with E-state index in [1.807, 2.05) is 24.5 Å². The summed E-state index contributed by atoms with van der Waals surface area (Å²) in [6.07, 6.45) is 4.58. The minimum absolute atomic E-state index is 0.0360. The Morgan fingerprint density at radius 3 is 2.08 bits per heavy atom. The number of aromatic nitrogens is 3. The molecule has 0 spiro atoms. The lowest BCUT2D eigenvalue weighted by Gasteiger charge is -2.35. The smallest absolute Gasteiger partial charge is 0.475 e. The maximum absolute atomic E-state index is 13.4. The number of sulfonamides is 1. The van der Waals surface area contributed by atoms with Crippen LogP contribution in [0.1, 0.15) is 38.2 Å². The lowest BCUT2D eigenvalue weighted by Crippen LogP contribution is -2.45. The fourth-order valence-corrected chi connectivity index (χ4v) is 6.73. The van der Waals surface area contributed by atoms with E-state index in [4.69, 9.17) is 9.90 Å². The molecule has 1 saturated carbocycles. The Morgan fingerprint density at radius 2 is 1.49 bits per heavy atom. The molecule has 0 amide bonds. The minimum atomic E-state index is -5.08. The van der Waals surface area contributed by atoms with Crippen molar-refractivity contribution in [1.29, 1.82) is 0 Å². The quantitative estimate of drug-likeness (QED) is 0.132. The van der Waals surface area contributed by atoms with Gasteiger partial charge in [-0.3, -0.25) is 4.98 Å². The number of hydrogen-bond donors (Lipinski definition) is 4. The van der Waals surface area contributed by atoms with Gasteiger partial charge in [-0.15, -0.1) is 0 Å². The minimum Gasteiger partial charge on any atom is -0.475 e. The van der Waals surface area contributed by atoms with Gasteiger partial charge in [-0.05, 0) is 111 Å². The van der Waals surface area contributed by atoms with Crippen LogP contribution in [0.4, 0.5) is 40.7 Å². The zero-order valence-electron chi connectivity index (χ0n) is 26.7. The summed E-state index contributed by atoms with van der Waals surface area (Å²) in [4.78, 5) is 21.9. The highest BCUT2D eigenvalue weighted by atomic mass is 32.2. The second-order valence-corrected chi connectivity index (χ2v) is 13.5. The zero-order chi connectivity index (χ0) is 35.6. The van der Waals surface area contributed by atoms with Crippen molar-refractivity contribution in [2.45, 2.75) is 68.2 Å². The van der Waals surface area contributed by atoms with E-state index in [-0.39, 0.29) is 16.8 Å². The standard InChI is InChI=1S/C31H36FN7O2S.C2HF3O2/c1-22(21-23-15-18-33-19-16-23)35-25-7-11-28(12-8-25)39(2)42(40,41)29-13-9-27(10-14-29)37-31-34-20-17-30(38-31)36-26-5-3-24(32)4-6-26;3-2(4,5)1(6)7/h3-6,9-10,13-20,22,25,28,35H,7-8,11-12,21H2,1-2H3,(H2,34,36,37,38);(H,6,7). The summed E-state index contributed by atoms with van der Waals surface area (Å²) in [5.74, 6) is -2.19. The molecule has 0 aliphatic heterocycles. The highest BCUT2D eigenvalue weighted by molar-refractivity contribution is 7.89. The van der Waals surface area contributed by atoms with E-state index in [2.05, 4.69) is 37.8 Å². The summed E-state index contributed by atoms with van der Waals surface area (Å²) in [5.41, 5.74) is 2.61. The van der Waals surface area contributed by atoms with E-state index in [1.54, 1.807) is 55.7 Å². The van der Waals surface area contributed by atoms with Crippen LogP contribution in [0.25, 0.3) is 0 Å². The average Bonchev–Trinajstić information content (AvgIpc) is 3.06. The van der Waals surface area contributed by atoms with Gasteiger partial charge in [0.05, 0.1) is 4.90 Å². The molecule has 262 valence electrons. The fraction of sp³-hybridized carbons (Fsp3) is 0.333. The monoisotopic (exact) mass is 703 g/mol. The number of carboxylic acid groups (broad SMARTS) is 1. The summed E-state index contributed by atoms with van der Waals surface area (Å²) >= 11 is 0. The first kappa shape index (κ1) is 37.2. The van der Waals surface area contributed by atoms with E-state index in [9.17, 15) is 26.0 Å². The van der Waals surface area contributed by atoms with Gasteiger partial charge in [-0.1, -0.05) is 0 Å². The third-order valence-electron chi connectivity index (χ3n) is 7.82. The third kappa shape index (κ3) is 11.2. The second kappa shape index (κ2) is 16.6. The number of carboxylic acids is 1. The lowest BCUT2D eigenvalue weighted by atomic mass is 9.90. The molecule has 2 aromatic carbocycles. The molecule has 4 aromatic rings. The molecule has 4 N–H and O–H groups in total. The van der Waals surface area contributed by atoms with Gasteiger partial charge in [-0.25, -0.2) is 22.6 Å². The number of benzene rings is 2. The van der Waals surface area contributed by atoms with E-state index in [0.717, 1.165) is 32.1 Å². The van der Waals surface area contributed by atoms with E-state index in [0.29, 0.717) is 35.2 Å². The highest BCUT2D eigenvalue weighted by Gasteiger charge is 2.38. The number of aliphatic carboxylic acids is 1. The van der Waals surface area contributed by atoms with Gasteiger partial charge in [0.1, 0.15) is 11.6 Å². The first-order chi connectivity index (χ1) is 23.2. The number of rotatable bonds is 11. The van der Waals surface area contributed by atoms with E-state index in [1.165, 1.54) is 22.0 Å². The number of hydrogen-bond acceptors (Lipinski definition) is 9. The Balaban J connectivity index is 0.000000698.